The van der Waals surface area contributed by atoms with E-state index in [4.69, 9.17) is 0 Å². The second-order valence-electron chi connectivity index (χ2n) is 8.22. The lowest BCUT2D eigenvalue weighted by Gasteiger charge is -2.24. The topological polar surface area (TPSA) is 88.7 Å². The smallest absolute Gasteiger partial charge is 0.331 e. The van der Waals surface area contributed by atoms with Crippen molar-refractivity contribution in [1.29, 1.82) is 0 Å². The molecule has 8 nitrogen and oxygen atoms in total. The molecule has 2 saturated heterocycles. The van der Waals surface area contributed by atoms with Gasteiger partial charge in [-0.05, 0) is 24.3 Å². The van der Waals surface area contributed by atoms with Crippen molar-refractivity contribution < 1.29 is 18.5 Å². The molecule has 1 amide bonds. The van der Waals surface area contributed by atoms with Crippen molar-refractivity contribution in [3.63, 3.8) is 0 Å². The highest BCUT2D eigenvalue weighted by molar-refractivity contribution is 5.91. The minimum Gasteiger partial charge on any atom is -0.371 e. The lowest BCUT2D eigenvalue weighted by Crippen LogP contribution is -2.40. The fourth-order valence-corrected chi connectivity index (χ4v) is 4.73. The first kappa shape index (κ1) is 20.1. The number of carbonyl (C=O) groups excluding carboxylic acids is 1. The molecule has 2 aliphatic rings. The van der Waals surface area contributed by atoms with Gasteiger partial charge in [0.05, 0.1) is 10.4 Å². The molecule has 1 aromatic heterocycles. The number of nitrogens with zero attached hydrogens (tertiary/aromatic N) is 4. The number of carbonyl (C=O) groups is 1. The summed E-state index contributed by atoms with van der Waals surface area (Å²) in [6.07, 6.45) is 0. The lowest BCUT2D eigenvalue weighted by atomic mass is 10.0. The first-order chi connectivity index (χ1) is 15.3. The number of amides is 1. The summed E-state index contributed by atoms with van der Waals surface area (Å²) < 4.78 is 27.9. The van der Waals surface area contributed by atoms with Gasteiger partial charge >= 0.3 is 6.03 Å². The molecular weight excluding hydrogens is 422 g/mol. The van der Waals surface area contributed by atoms with Crippen molar-refractivity contribution in [1.82, 2.24) is 9.47 Å². The molecule has 2 aliphatic heterocycles. The Labute approximate surface area is 180 Å². The Morgan fingerprint density at radius 2 is 1.66 bits per heavy atom. The Bertz CT molecular complexity index is 1310. The van der Waals surface area contributed by atoms with Crippen molar-refractivity contribution in [2.75, 3.05) is 31.1 Å². The molecule has 32 heavy (non-hydrogen) atoms. The molecule has 2 unspecified atom stereocenters. The van der Waals surface area contributed by atoms with Crippen LogP contribution in [-0.4, -0.2) is 46.6 Å². The van der Waals surface area contributed by atoms with E-state index in [1.54, 1.807) is 4.90 Å². The number of hydrogen-bond donors (Lipinski definition) is 0. The highest BCUT2D eigenvalue weighted by atomic mass is 19.2. The van der Waals surface area contributed by atoms with E-state index in [-0.39, 0.29) is 17.5 Å². The highest BCUT2D eigenvalue weighted by Crippen LogP contribution is 2.35. The summed E-state index contributed by atoms with van der Waals surface area (Å²) >= 11 is 0. The molecule has 0 aliphatic carbocycles. The zero-order chi connectivity index (χ0) is 22.6. The molecule has 0 N–H and O–H groups in total. The molecule has 2 fully saturated rings. The van der Waals surface area contributed by atoms with Gasteiger partial charge in [-0.2, -0.15) is 0 Å². The largest absolute Gasteiger partial charge is 0.371 e. The summed E-state index contributed by atoms with van der Waals surface area (Å²) in [7, 11) is 0. The molecule has 2 aromatic carbocycles. The van der Waals surface area contributed by atoms with E-state index in [9.17, 15) is 28.5 Å². The summed E-state index contributed by atoms with van der Waals surface area (Å²) in [6.45, 7) is 2.05. The number of benzene rings is 2. The predicted octanol–water partition coefficient (Wildman–Crippen LogP) is 3.22. The summed E-state index contributed by atoms with van der Waals surface area (Å²) in [6, 6.07) is 10.0. The molecular formula is C22H18F2N4O4. The average Bonchev–Trinajstić information content (AvgIpc) is 3.34. The van der Waals surface area contributed by atoms with Crippen LogP contribution in [0.15, 0.2) is 53.3 Å². The van der Waals surface area contributed by atoms with Gasteiger partial charge in [-0.25, -0.2) is 18.1 Å². The number of non-ortho nitro benzene ring substituents is 1. The second kappa shape index (κ2) is 7.40. The summed E-state index contributed by atoms with van der Waals surface area (Å²) in [4.78, 5) is 39.8. The lowest BCUT2D eigenvalue weighted by molar-refractivity contribution is -0.384. The Balaban J connectivity index is 1.37. The molecule has 0 radical (unpaired) electrons. The van der Waals surface area contributed by atoms with Crippen molar-refractivity contribution in [2.24, 2.45) is 11.8 Å². The maximum absolute atomic E-state index is 13.6. The SMILES string of the molecule is O=C(N1CC2CN(c3ccc(F)c(F)c3)CC2C1)n1c(=O)ccc2cc([N+](=O)[O-])ccc21. The number of nitro groups is 1. The molecule has 0 spiro atoms. The standard InChI is InChI=1S/C22H18F2N4O4/c23-18-4-2-16(8-19(18)24)25-9-14-11-26(12-15(14)10-25)22(30)27-20-5-3-17(28(31)32)7-13(20)1-6-21(27)29/h1-8,14-15H,9-12H2. The fourth-order valence-electron chi connectivity index (χ4n) is 4.73. The number of hydrogen-bond acceptors (Lipinski definition) is 5. The normalized spacial score (nSPS) is 20.1. The van der Waals surface area contributed by atoms with Crippen LogP contribution in [0.3, 0.4) is 0 Å². The molecule has 0 bridgehead atoms. The Hall–Kier alpha value is -3.82. The maximum Gasteiger partial charge on any atom is 0.331 e. The van der Waals surface area contributed by atoms with Gasteiger partial charge in [0.15, 0.2) is 11.6 Å². The van der Waals surface area contributed by atoms with Crippen LogP contribution in [0.25, 0.3) is 10.9 Å². The predicted molar refractivity (Wildman–Crippen MR) is 113 cm³/mol. The van der Waals surface area contributed by atoms with Crippen LogP contribution in [0.4, 0.5) is 25.0 Å². The summed E-state index contributed by atoms with van der Waals surface area (Å²) in [5.74, 6) is -1.51. The third-order valence-corrected chi connectivity index (χ3v) is 6.31. The number of halogens is 2. The van der Waals surface area contributed by atoms with Gasteiger partial charge in [-0.3, -0.25) is 14.9 Å². The zero-order valence-electron chi connectivity index (χ0n) is 16.8. The highest BCUT2D eigenvalue weighted by Gasteiger charge is 2.42. The molecule has 2 atom stereocenters. The van der Waals surface area contributed by atoms with E-state index in [0.717, 1.165) is 10.6 Å². The van der Waals surface area contributed by atoms with Crippen LogP contribution in [-0.2, 0) is 0 Å². The molecule has 3 aromatic rings. The number of anilines is 1. The van der Waals surface area contributed by atoms with Crippen LogP contribution < -0.4 is 10.5 Å². The molecule has 10 heteroatoms. The molecule has 3 heterocycles. The van der Waals surface area contributed by atoms with E-state index < -0.39 is 28.1 Å². The van der Waals surface area contributed by atoms with Gasteiger partial charge in [0.2, 0.25) is 0 Å². The quantitative estimate of drug-likeness (QED) is 0.451. The first-order valence-electron chi connectivity index (χ1n) is 10.1. The van der Waals surface area contributed by atoms with Crippen LogP contribution in [0.1, 0.15) is 0 Å². The van der Waals surface area contributed by atoms with Crippen molar-refractivity contribution in [3.05, 3.63) is 80.6 Å². The first-order valence-corrected chi connectivity index (χ1v) is 10.1. The monoisotopic (exact) mass is 440 g/mol. The number of likely N-dealkylation sites (tertiary alicyclic amines) is 1. The van der Waals surface area contributed by atoms with Crippen LogP contribution in [0.2, 0.25) is 0 Å². The van der Waals surface area contributed by atoms with Crippen molar-refractivity contribution in [2.45, 2.75) is 0 Å². The summed E-state index contributed by atoms with van der Waals surface area (Å²) in [5.41, 5.74) is 0.289. The molecule has 0 saturated carbocycles. The number of pyridine rings is 1. The van der Waals surface area contributed by atoms with E-state index in [0.29, 0.717) is 42.8 Å². The summed E-state index contributed by atoms with van der Waals surface area (Å²) in [5, 5.41) is 11.5. The fraction of sp³-hybridized carbons (Fsp3) is 0.273. The van der Waals surface area contributed by atoms with Crippen LogP contribution in [0.5, 0.6) is 0 Å². The Morgan fingerprint density at radius 3 is 2.31 bits per heavy atom. The number of nitro benzene ring substituents is 1. The minimum absolute atomic E-state index is 0.122. The maximum atomic E-state index is 13.6. The molecule has 5 rings (SSSR count). The van der Waals surface area contributed by atoms with E-state index >= 15 is 0 Å². The third-order valence-electron chi connectivity index (χ3n) is 6.31. The molecule has 164 valence electrons. The van der Waals surface area contributed by atoms with Gasteiger partial charge in [0.25, 0.3) is 11.2 Å². The Kier molecular flexibility index (Phi) is 4.65. The van der Waals surface area contributed by atoms with Crippen molar-refractivity contribution >= 4 is 28.3 Å². The number of rotatable bonds is 2. The van der Waals surface area contributed by atoms with Crippen LogP contribution in [0, 0.1) is 33.6 Å². The Morgan fingerprint density at radius 1 is 0.938 bits per heavy atom. The van der Waals surface area contributed by atoms with E-state index in [1.807, 2.05) is 4.90 Å². The van der Waals surface area contributed by atoms with E-state index in [2.05, 4.69) is 0 Å². The van der Waals surface area contributed by atoms with Gasteiger partial charge in [-0.15, -0.1) is 0 Å². The van der Waals surface area contributed by atoms with Gasteiger partial charge in [-0.1, -0.05) is 0 Å². The van der Waals surface area contributed by atoms with Crippen molar-refractivity contribution in [3.8, 4) is 0 Å². The zero-order valence-corrected chi connectivity index (χ0v) is 16.8. The number of aromatic nitrogens is 1. The second-order valence-corrected chi connectivity index (χ2v) is 8.22. The van der Waals surface area contributed by atoms with E-state index in [1.165, 1.54) is 42.5 Å². The van der Waals surface area contributed by atoms with Gasteiger partial charge in [0, 0.05) is 73.4 Å². The number of fused-ring (bicyclic) bond motifs is 2. The average molecular weight is 440 g/mol. The van der Waals surface area contributed by atoms with Crippen LogP contribution >= 0.6 is 0 Å². The van der Waals surface area contributed by atoms with Gasteiger partial charge in [0.1, 0.15) is 0 Å². The van der Waals surface area contributed by atoms with Gasteiger partial charge < -0.3 is 9.80 Å². The third kappa shape index (κ3) is 3.28. The minimum atomic E-state index is -0.896.